The Kier molecular flexibility index (Phi) is 6.36. The number of piperidine rings is 1. The Morgan fingerprint density at radius 2 is 1.53 bits per heavy atom. The summed E-state index contributed by atoms with van der Waals surface area (Å²) < 4.78 is 0. The van der Waals surface area contributed by atoms with E-state index in [9.17, 15) is 9.59 Å². The summed E-state index contributed by atoms with van der Waals surface area (Å²) in [4.78, 5) is 30.3. The van der Waals surface area contributed by atoms with Gasteiger partial charge in [-0.15, -0.1) is 0 Å². The number of anilines is 2. The fourth-order valence-electron chi connectivity index (χ4n) is 4.38. The van der Waals surface area contributed by atoms with Gasteiger partial charge in [-0.25, -0.2) is 0 Å². The van der Waals surface area contributed by atoms with E-state index in [0.29, 0.717) is 16.8 Å². The van der Waals surface area contributed by atoms with Gasteiger partial charge in [-0.1, -0.05) is 19.1 Å². The van der Waals surface area contributed by atoms with Crippen molar-refractivity contribution < 1.29 is 9.59 Å². The van der Waals surface area contributed by atoms with Crippen molar-refractivity contribution in [3.63, 3.8) is 0 Å². The molecule has 2 fully saturated rings. The molecule has 158 valence electrons. The van der Waals surface area contributed by atoms with Gasteiger partial charge in [0, 0.05) is 43.1 Å². The minimum Gasteiger partial charge on any atom is -0.371 e. The molecule has 30 heavy (non-hydrogen) atoms. The van der Waals surface area contributed by atoms with Gasteiger partial charge in [0.05, 0.1) is 5.56 Å². The van der Waals surface area contributed by atoms with E-state index in [1.807, 2.05) is 47.4 Å². The van der Waals surface area contributed by atoms with Crippen LogP contribution in [-0.4, -0.2) is 42.9 Å². The summed E-state index contributed by atoms with van der Waals surface area (Å²) in [5, 5.41) is 2.98. The Bertz CT molecular complexity index is 895. The molecule has 5 heteroatoms. The molecule has 0 saturated carbocycles. The van der Waals surface area contributed by atoms with E-state index in [1.165, 1.54) is 12.0 Å². The number of rotatable bonds is 5. The molecule has 2 aliphatic rings. The van der Waals surface area contributed by atoms with E-state index in [0.717, 1.165) is 64.0 Å². The van der Waals surface area contributed by atoms with Gasteiger partial charge in [-0.2, -0.15) is 0 Å². The zero-order chi connectivity index (χ0) is 20.9. The molecule has 5 nitrogen and oxygen atoms in total. The fourth-order valence-corrected chi connectivity index (χ4v) is 4.38. The van der Waals surface area contributed by atoms with Crippen molar-refractivity contribution in [1.82, 2.24) is 4.90 Å². The summed E-state index contributed by atoms with van der Waals surface area (Å²) in [7, 11) is 0. The van der Waals surface area contributed by atoms with Crippen LogP contribution < -0.4 is 10.2 Å². The van der Waals surface area contributed by atoms with E-state index >= 15 is 0 Å². The summed E-state index contributed by atoms with van der Waals surface area (Å²) in [6.07, 6.45) is 6.58. The smallest absolute Gasteiger partial charge is 0.256 e. The van der Waals surface area contributed by atoms with E-state index in [2.05, 4.69) is 17.1 Å². The molecule has 0 radical (unpaired) electrons. The monoisotopic (exact) mass is 405 g/mol. The molecular formula is C25H31N3O2. The number of amides is 2. The summed E-state index contributed by atoms with van der Waals surface area (Å²) in [6.45, 7) is 5.70. The number of aryl methyl sites for hydroxylation is 1. The van der Waals surface area contributed by atoms with Crippen LogP contribution in [0.25, 0.3) is 0 Å². The minimum atomic E-state index is -0.150. The molecule has 0 unspecified atom stereocenters. The minimum absolute atomic E-state index is 0.0833. The van der Waals surface area contributed by atoms with Crippen LogP contribution in [0, 0.1) is 0 Å². The van der Waals surface area contributed by atoms with E-state index in [-0.39, 0.29) is 11.8 Å². The Balaban J connectivity index is 1.58. The summed E-state index contributed by atoms with van der Waals surface area (Å²) in [6, 6.07) is 13.5. The predicted molar refractivity (Wildman–Crippen MR) is 121 cm³/mol. The van der Waals surface area contributed by atoms with Crippen LogP contribution in [0.1, 0.15) is 65.3 Å². The van der Waals surface area contributed by atoms with Gasteiger partial charge in [0.15, 0.2) is 0 Å². The number of carbonyl (C=O) groups is 2. The van der Waals surface area contributed by atoms with E-state index in [4.69, 9.17) is 0 Å². The van der Waals surface area contributed by atoms with Crippen molar-refractivity contribution in [3.05, 3.63) is 59.2 Å². The number of likely N-dealkylation sites (tertiary alicyclic amines) is 1. The maximum Gasteiger partial charge on any atom is 0.256 e. The molecule has 1 N–H and O–H groups in total. The van der Waals surface area contributed by atoms with Gasteiger partial charge in [-0.3, -0.25) is 9.59 Å². The summed E-state index contributed by atoms with van der Waals surface area (Å²) in [5.41, 5.74) is 4.20. The lowest BCUT2D eigenvalue weighted by molar-refractivity contribution is 0.0724. The number of hydrogen-bond acceptors (Lipinski definition) is 3. The van der Waals surface area contributed by atoms with Crippen molar-refractivity contribution in [3.8, 4) is 0 Å². The number of carbonyl (C=O) groups excluding carboxylic acids is 2. The molecule has 2 aromatic rings. The quantitative estimate of drug-likeness (QED) is 0.783. The van der Waals surface area contributed by atoms with Crippen molar-refractivity contribution in [2.75, 3.05) is 36.4 Å². The van der Waals surface area contributed by atoms with Gasteiger partial charge in [0.2, 0.25) is 0 Å². The highest BCUT2D eigenvalue weighted by molar-refractivity contribution is 6.06. The first-order valence-electron chi connectivity index (χ1n) is 11.2. The molecule has 0 aliphatic carbocycles. The number of nitrogens with zero attached hydrogens (tertiary/aromatic N) is 2. The lowest BCUT2D eigenvalue weighted by Crippen LogP contribution is -2.36. The highest BCUT2D eigenvalue weighted by Crippen LogP contribution is 2.29. The van der Waals surface area contributed by atoms with Crippen LogP contribution in [0.3, 0.4) is 0 Å². The fraction of sp³-hybridized carbons (Fsp3) is 0.440. The van der Waals surface area contributed by atoms with Gasteiger partial charge in [0.25, 0.3) is 11.8 Å². The second-order valence-electron chi connectivity index (χ2n) is 8.28. The van der Waals surface area contributed by atoms with Crippen molar-refractivity contribution >= 4 is 23.2 Å². The average molecular weight is 406 g/mol. The van der Waals surface area contributed by atoms with Crippen molar-refractivity contribution in [2.24, 2.45) is 0 Å². The summed E-state index contributed by atoms with van der Waals surface area (Å²) >= 11 is 0. The van der Waals surface area contributed by atoms with Crippen LogP contribution in [0.15, 0.2) is 42.5 Å². The topological polar surface area (TPSA) is 52.7 Å². The lowest BCUT2D eigenvalue weighted by atomic mass is 10.1. The van der Waals surface area contributed by atoms with Gasteiger partial charge >= 0.3 is 0 Å². The third-order valence-electron chi connectivity index (χ3n) is 6.20. The van der Waals surface area contributed by atoms with Crippen LogP contribution in [0.5, 0.6) is 0 Å². The molecule has 2 amide bonds. The van der Waals surface area contributed by atoms with Crippen LogP contribution in [0.2, 0.25) is 0 Å². The van der Waals surface area contributed by atoms with Gasteiger partial charge in [0.1, 0.15) is 0 Å². The molecule has 2 saturated heterocycles. The zero-order valence-electron chi connectivity index (χ0n) is 17.8. The van der Waals surface area contributed by atoms with Crippen LogP contribution in [-0.2, 0) is 6.42 Å². The second-order valence-corrected chi connectivity index (χ2v) is 8.28. The first kappa shape index (κ1) is 20.5. The van der Waals surface area contributed by atoms with Gasteiger partial charge in [-0.05, 0) is 74.4 Å². The van der Waals surface area contributed by atoms with E-state index in [1.54, 1.807) is 0 Å². The molecule has 2 aromatic carbocycles. The van der Waals surface area contributed by atoms with Crippen LogP contribution in [0.4, 0.5) is 11.4 Å². The van der Waals surface area contributed by atoms with Crippen molar-refractivity contribution in [1.29, 1.82) is 0 Å². The highest BCUT2D eigenvalue weighted by atomic mass is 16.2. The molecule has 0 atom stereocenters. The molecule has 0 bridgehead atoms. The Morgan fingerprint density at radius 3 is 2.20 bits per heavy atom. The SMILES string of the molecule is CCc1ccc(C(=O)Nc2ccc(N3CCCC3)c(C(=O)N3CCCCC3)c2)cc1. The van der Waals surface area contributed by atoms with Crippen molar-refractivity contribution in [2.45, 2.75) is 45.4 Å². The Labute approximate surface area is 179 Å². The Morgan fingerprint density at radius 1 is 0.867 bits per heavy atom. The lowest BCUT2D eigenvalue weighted by Gasteiger charge is -2.29. The first-order valence-corrected chi connectivity index (χ1v) is 11.2. The maximum atomic E-state index is 13.3. The van der Waals surface area contributed by atoms with Crippen LogP contribution >= 0.6 is 0 Å². The molecule has 4 rings (SSSR count). The maximum absolute atomic E-state index is 13.3. The first-order chi connectivity index (χ1) is 14.7. The number of benzene rings is 2. The average Bonchev–Trinajstić information content (AvgIpc) is 3.34. The molecule has 2 heterocycles. The molecule has 2 aliphatic heterocycles. The predicted octanol–water partition coefficient (Wildman–Crippen LogP) is 4.73. The van der Waals surface area contributed by atoms with E-state index < -0.39 is 0 Å². The molecular weight excluding hydrogens is 374 g/mol. The largest absolute Gasteiger partial charge is 0.371 e. The molecule has 0 aromatic heterocycles. The normalized spacial score (nSPS) is 16.6. The Hall–Kier alpha value is -2.82. The third kappa shape index (κ3) is 4.50. The van der Waals surface area contributed by atoms with Gasteiger partial charge < -0.3 is 15.1 Å². The number of nitrogens with one attached hydrogen (secondary N) is 1. The third-order valence-corrected chi connectivity index (χ3v) is 6.20. The summed E-state index contributed by atoms with van der Waals surface area (Å²) in [5.74, 6) is -0.0667. The highest BCUT2D eigenvalue weighted by Gasteiger charge is 2.25. The number of hydrogen-bond donors (Lipinski definition) is 1. The molecule has 0 spiro atoms. The zero-order valence-corrected chi connectivity index (χ0v) is 17.8. The second kappa shape index (κ2) is 9.33. The standard InChI is InChI=1S/C25H31N3O2/c1-2-19-8-10-20(11-9-19)24(29)26-21-12-13-23(27-14-6-7-15-27)22(18-21)25(30)28-16-4-3-5-17-28/h8-13,18H,2-7,14-17H2,1H3,(H,26,29).